The third-order valence-corrected chi connectivity index (χ3v) is 4.79. The first-order valence-electron chi connectivity index (χ1n) is 7.92. The third-order valence-electron chi connectivity index (χ3n) is 4.79. The fourth-order valence-electron chi connectivity index (χ4n) is 3.64. The van der Waals surface area contributed by atoms with E-state index in [1.165, 1.54) is 0 Å². The predicted molar refractivity (Wildman–Crippen MR) is 84.3 cm³/mol. The van der Waals surface area contributed by atoms with Crippen LogP contribution in [0.4, 0.5) is 0 Å². The van der Waals surface area contributed by atoms with Crippen LogP contribution in [0.5, 0.6) is 5.75 Å². The van der Waals surface area contributed by atoms with Gasteiger partial charge in [0.2, 0.25) is 5.91 Å². The van der Waals surface area contributed by atoms with E-state index in [1.807, 2.05) is 32.0 Å². The molecular formula is C18H20N2O3. The predicted octanol–water partition coefficient (Wildman–Crippen LogP) is 2.54. The molecule has 0 N–H and O–H groups in total. The molecule has 1 fully saturated rings. The number of likely N-dealkylation sites (tertiary alicyclic amines) is 1. The van der Waals surface area contributed by atoms with Gasteiger partial charge in [0.05, 0.1) is 18.1 Å². The SMILES string of the molecule is Cc1cc(C)c2c(c1)OC1(CCN(C(=O)CC#N)CC1)CC2=O. The normalized spacial score (nSPS) is 19.0. The second kappa shape index (κ2) is 5.69. The van der Waals surface area contributed by atoms with E-state index in [4.69, 9.17) is 10.00 Å². The Morgan fingerprint density at radius 2 is 2.04 bits per heavy atom. The molecule has 3 rings (SSSR count). The number of ether oxygens (including phenoxy) is 1. The minimum atomic E-state index is -0.506. The number of nitrogens with zero attached hydrogens (tertiary/aromatic N) is 2. The average Bonchev–Trinajstić information content (AvgIpc) is 2.46. The summed E-state index contributed by atoms with van der Waals surface area (Å²) in [5.41, 5.74) is 2.23. The number of aryl methyl sites for hydroxylation is 2. The van der Waals surface area contributed by atoms with E-state index >= 15 is 0 Å². The molecule has 1 spiro atoms. The summed E-state index contributed by atoms with van der Waals surface area (Å²) < 4.78 is 6.26. The van der Waals surface area contributed by atoms with Crippen LogP contribution in [0, 0.1) is 25.2 Å². The van der Waals surface area contributed by atoms with Gasteiger partial charge in [0.15, 0.2) is 5.78 Å². The van der Waals surface area contributed by atoms with Crippen LogP contribution in [-0.2, 0) is 4.79 Å². The van der Waals surface area contributed by atoms with Crippen LogP contribution in [-0.4, -0.2) is 35.3 Å². The van der Waals surface area contributed by atoms with Crippen LogP contribution in [0.3, 0.4) is 0 Å². The Morgan fingerprint density at radius 1 is 1.35 bits per heavy atom. The number of hydrogen-bond donors (Lipinski definition) is 0. The molecule has 120 valence electrons. The molecule has 0 unspecified atom stereocenters. The van der Waals surface area contributed by atoms with Gasteiger partial charge in [0, 0.05) is 25.9 Å². The van der Waals surface area contributed by atoms with Crippen LogP contribution in [0.2, 0.25) is 0 Å². The van der Waals surface area contributed by atoms with E-state index in [0.29, 0.717) is 43.7 Å². The zero-order chi connectivity index (χ0) is 16.6. The summed E-state index contributed by atoms with van der Waals surface area (Å²) in [6.07, 6.45) is 1.53. The zero-order valence-corrected chi connectivity index (χ0v) is 13.5. The summed E-state index contributed by atoms with van der Waals surface area (Å²) in [7, 11) is 0. The van der Waals surface area contributed by atoms with Crippen molar-refractivity contribution in [1.82, 2.24) is 4.90 Å². The van der Waals surface area contributed by atoms with Gasteiger partial charge in [0.1, 0.15) is 17.8 Å². The van der Waals surface area contributed by atoms with E-state index in [2.05, 4.69) is 0 Å². The second-order valence-electron chi connectivity index (χ2n) is 6.56. The van der Waals surface area contributed by atoms with E-state index in [9.17, 15) is 9.59 Å². The van der Waals surface area contributed by atoms with Crippen molar-refractivity contribution >= 4 is 11.7 Å². The van der Waals surface area contributed by atoms with Gasteiger partial charge >= 0.3 is 0 Å². The zero-order valence-electron chi connectivity index (χ0n) is 13.5. The minimum absolute atomic E-state index is 0.0893. The molecule has 0 radical (unpaired) electrons. The molecule has 5 heteroatoms. The molecule has 5 nitrogen and oxygen atoms in total. The standard InChI is InChI=1S/C18H20N2O3/c1-12-9-13(2)17-14(21)11-18(23-15(17)10-12)4-7-20(8-5-18)16(22)3-6-19/h9-10H,3-5,7-8,11H2,1-2H3. The third kappa shape index (κ3) is 2.81. The number of benzene rings is 1. The molecule has 23 heavy (non-hydrogen) atoms. The van der Waals surface area contributed by atoms with Crippen molar-refractivity contribution < 1.29 is 14.3 Å². The number of hydrogen-bond acceptors (Lipinski definition) is 4. The second-order valence-corrected chi connectivity index (χ2v) is 6.56. The smallest absolute Gasteiger partial charge is 0.236 e. The Balaban J connectivity index is 1.80. The van der Waals surface area contributed by atoms with Gasteiger partial charge in [-0.1, -0.05) is 6.07 Å². The highest BCUT2D eigenvalue weighted by Gasteiger charge is 2.44. The van der Waals surface area contributed by atoms with Crippen molar-refractivity contribution in [2.24, 2.45) is 0 Å². The minimum Gasteiger partial charge on any atom is -0.486 e. The van der Waals surface area contributed by atoms with Gasteiger partial charge in [-0.3, -0.25) is 9.59 Å². The molecule has 0 aliphatic carbocycles. The molecule has 1 aromatic rings. The van der Waals surface area contributed by atoms with Gasteiger partial charge in [-0.15, -0.1) is 0 Å². The van der Waals surface area contributed by atoms with E-state index in [-0.39, 0.29) is 18.1 Å². The molecule has 0 aromatic heterocycles. The van der Waals surface area contributed by atoms with Crippen molar-refractivity contribution in [3.05, 3.63) is 28.8 Å². The molecule has 2 aliphatic rings. The summed E-state index contributed by atoms with van der Waals surface area (Å²) in [6, 6.07) is 5.82. The maximum atomic E-state index is 12.6. The van der Waals surface area contributed by atoms with Crippen LogP contribution in [0.1, 0.15) is 47.2 Å². The quantitative estimate of drug-likeness (QED) is 0.799. The van der Waals surface area contributed by atoms with Crippen molar-refractivity contribution in [3.8, 4) is 11.8 Å². The maximum Gasteiger partial charge on any atom is 0.236 e. The Labute approximate surface area is 135 Å². The number of piperidine rings is 1. The first-order valence-corrected chi connectivity index (χ1v) is 7.92. The highest BCUT2D eigenvalue weighted by atomic mass is 16.5. The fraction of sp³-hybridized carbons (Fsp3) is 0.500. The van der Waals surface area contributed by atoms with Crippen molar-refractivity contribution in [2.45, 2.75) is 45.1 Å². The summed E-state index contributed by atoms with van der Waals surface area (Å²) in [5.74, 6) is 0.660. The molecule has 0 saturated carbocycles. The van der Waals surface area contributed by atoms with Gasteiger partial charge < -0.3 is 9.64 Å². The highest BCUT2D eigenvalue weighted by Crippen LogP contribution is 2.41. The summed E-state index contributed by atoms with van der Waals surface area (Å²) in [5, 5.41) is 8.64. The molecular weight excluding hydrogens is 292 g/mol. The molecule has 1 saturated heterocycles. The van der Waals surface area contributed by atoms with E-state index < -0.39 is 5.60 Å². The molecule has 2 heterocycles. The maximum absolute atomic E-state index is 12.6. The molecule has 1 amide bonds. The van der Waals surface area contributed by atoms with Crippen LogP contribution in [0.15, 0.2) is 12.1 Å². The molecule has 0 bridgehead atoms. The largest absolute Gasteiger partial charge is 0.486 e. The van der Waals surface area contributed by atoms with Crippen molar-refractivity contribution in [3.63, 3.8) is 0 Å². The summed E-state index contributed by atoms with van der Waals surface area (Å²) >= 11 is 0. The number of carbonyl (C=O) groups is 2. The van der Waals surface area contributed by atoms with Crippen LogP contribution < -0.4 is 4.74 Å². The average molecular weight is 312 g/mol. The topological polar surface area (TPSA) is 70.4 Å². The lowest BCUT2D eigenvalue weighted by Crippen LogP contribution is -2.52. The van der Waals surface area contributed by atoms with Crippen molar-refractivity contribution in [2.75, 3.05) is 13.1 Å². The molecule has 1 aromatic carbocycles. The molecule has 2 aliphatic heterocycles. The number of ketones is 1. The van der Waals surface area contributed by atoms with Gasteiger partial charge in [-0.25, -0.2) is 0 Å². The fourth-order valence-corrected chi connectivity index (χ4v) is 3.64. The summed E-state index contributed by atoms with van der Waals surface area (Å²) in [4.78, 5) is 26.1. The molecule has 0 atom stereocenters. The lowest BCUT2D eigenvalue weighted by Gasteiger charge is -2.44. The number of Topliss-reactive ketones (excluding diaryl/α,β-unsaturated/α-hetero) is 1. The van der Waals surface area contributed by atoms with Crippen LogP contribution in [0.25, 0.3) is 0 Å². The summed E-state index contributed by atoms with van der Waals surface area (Å²) in [6.45, 7) is 5.00. The van der Waals surface area contributed by atoms with Crippen LogP contribution >= 0.6 is 0 Å². The lowest BCUT2D eigenvalue weighted by molar-refractivity contribution is -0.133. The Hall–Kier alpha value is -2.35. The number of amides is 1. The Bertz CT molecular complexity index is 710. The van der Waals surface area contributed by atoms with Crippen molar-refractivity contribution in [1.29, 1.82) is 5.26 Å². The van der Waals surface area contributed by atoms with E-state index in [1.54, 1.807) is 4.90 Å². The van der Waals surface area contributed by atoms with Gasteiger partial charge in [-0.05, 0) is 31.0 Å². The number of rotatable bonds is 1. The number of fused-ring (bicyclic) bond motifs is 1. The van der Waals surface area contributed by atoms with Gasteiger partial charge in [-0.2, -0.15) is 5.26 Å². The Kier molecular flexibility index (Phi) is 3.85. The Morgan fingerprint density at radius 3 is 2.70 bits per heavy atom. The number of carbonyl (C=O) groups excluding carboxylic acids is 2. The lowest BCUT2D eigenvalue weighted by atomic mass is 9.81. The number of nitriles is 1. The first kappa shape index (κ1) is 15.5. The highest BCUT2D eigenvalue weighted by molar-refractivity contribution is 6.01. The van der Waals surface area contributed by atoms with E-state index in [0.717, 1.165) is 11.1 Å². The first-order chi connectivity index (χ1) is 10.9. The monoisotopic (exact) mass is 312 g/mol. The van der Waals surface area contributed by atoms with Gasteiger partial charge in [0.25, 0.3) is 0 Å².